The van der Waals surface area contributed by atoms with Crippen molar-refractivity contribution in [2.75, 3.05) is 11.9 Å². The number of anilines is 1. The van der Waals surface area contributed by atoms with Crippen molar-refractivity contribution in [2.24, 2.45) is 5.92 Å². The molecule has 1 aromatic carbocycles. The number of hydrogen-bond acceptors (Lipinski definition) is 3. The summed E-state index contributed by atoms with van der Waals surface area (Å²) in [5.74, 6) is 0.479. The first kappa shape index (κ1) is 14.0. The number of rotatable bonds is 6. The molecule has 1 saturated carbocycles. The van der Waals surface area contributed by atoms with Gasteiger partial charge in [-0.15, -0.1) is 0 Å². The molecule has 0 heterocycles. The fourth-order valence-corrected chi connectivity index (χ4v) is 2.43. The molecule has 0 spiro atoms. The maximum absolute atomic E-state index is 11.9. The van der Waals surface area contributed by atoms with Crippen LogP contribution in [0.25, 0.3) is 0 Å². The summed E-state index contributed by atoms with van der Waals surface area (Å²) in [6.45, 7) is 2.73. The maximum atomic E-state index is 11.9. The molecule has 0 radical (unpaired) electrons. The van der Waals surface area contributed by atoms with E-state index in [9.17, 15) is 4.79 Å². The second kappa shape index (κ2) is 6.68. The van der Waals surface area contributed by atoms with Crippen LogP contribution in [0.4, 0.5) is 5.69 Å². The molecule has 1 fully saturated rings. The van der Waals surface area contributed by atoms with Crippen LogP contribution in [0.5, 0.6) is 0 Å². The van der Waals surface area contributed by atoms with E-state index in [1.165, 1.54) is 0 Å². The van der Waals surface area contributed by atoms with E-state index >= 15 is 0 Å². The van der Waals surface area contributed by atoms with Crippen molar-refractivity contribution in [3.05, 3.63) is 29.8 Å². The predicted octanol–water partition coefficient (Wildman–Crippen LogP) is 2.32. The fraction of sp³-hybridized carbons (Fsp3) is 0.533. The van der Waals surface area contributed by atoms with Crippen LogP contribution in [0.15, 0.2) is 24.3 Å². The fourth-order valence-electron chi connectivity index (χ4n) is 2.43. The third-order valence-corrected chi connectivity index (χ3v) is 3.46. The summed E-state index contributed by atoms with van der Waals surface area (Å²) in [5, 5.41) is 11.9. The number of amides is 1. The summed E-state index contributed by atoms with van der Waals surface area (Å²) in [5.41, 5.74) is 1.55. The SMILES string of the molecule is CCOC1CC(CC(=O)Nc2cccc(CO)c2)C1. The minimum Gasteiger partial charge on any atom is -0.392 e. The summed E-state index contributed by atoms with van der Waals surface area (Å²) >= 11 is 0. The van der Waals surface area contributed by atoms with Crippen molar-refractivity contribution in [2.45, 2.75) is 38.9 Å². The predicted molar refractivity (Wildman–Crippen MR) is 73.7 cm³/mol. The Kier molecular flexibility index (Phi) is 4.93. The van der Waals surface area contributed by atoms with Gasteiger partial charge in [-0.3, -0.25) is 4.79 Å². The van der Waals surface area contributed by atoms with Crippen molar-refractivity contribution in [3.8, 4) is 0 Å². The van der Waals surface area contributed by atoms with Crippen LogP contribution in [0, 0.1) is 5.92 Å². The molecule has 1 amide bonds. The van der Waals surface area contributed by atoms with Gasteiger partial charge in [0.1, 0.15) is 0 Å². The van der Waals surface area contributed by atoms with Crippen molar-refractivity contribution in [3.63, 3.8) is 0 Å². The molecule has 19 heavy (non-hydrogen) atoms. The molecule has 4 heteroatoms. The summed E-state index contributed by atoms with van der Waals surface area (Å²) in [4.78, 5) is 11.9. The number of ether oxygens (including phenoxy) is 1. The van der Waals surface area contributed by atoms with Gasteiger partial charge in [-0.2, -0.15) is 0 Å². The lowest BCUT2D eigenvalue weighted by atomic mass is 9.80. The summed E-state index contributed by atoms with van der Waals surface area (Å²) in [6, 6.07) is 7.28. The van der Waals surface area contributed by atoms with E-state index in [0.29, 0.717) is 18.4 Å². The Bertz CT molecular complexity index is 427. The molecule has 0 bridgehead atoms. The smallest absolute Gasteiger partial charge is 0.224 e. The average Bonchev–Trinajstić information content (AvgIpc) is 2.36. The quantitative estimate of drug-likeness (QED) is 0.828. The van der Waals surface area contributed by atoms with Crippen molar-refractivity contribution >= 4 is 11.6 Å². The first-order chi connectivity index (χ1) is 9.21. The molecule has 0 aromatic heterocycles. The topological polar surface area (TPSA) is 58.6 Å². The molecule has 1 aromatic rings. The van der Waals surface area contributed by atoms with Crippen LogP contribution in [0.2, 0.25) is 0 Å². The van der Waals surface area contributed by atoms with Crippen LogP contribution in [-0.2, 0) is 16.1 Å². The highest BCUT2D eigenvalue weighted by molar-refractivity contribution is 5.90. The Balaban J connectivity index is 1.75. The first-order valence-electron chi connectivity index (χ1n) is 6.82. The van der Waals surface area contributed by atoms with Gasteiger partial charge >= 0.3 is 0 Å². The van der Waals surface area contributed by atoms with Crippen molar-refractivity contribution in [1.29, 1.82) is 0 Å². The zero-order valence-electron chi connectivity index (χ0n) is 11.3. The molecule has 0 unspecified atom stereocenters. The molecule has 0 saturated heterocycles. The molecule has 1 aliphatic rings. The van der Waals surface area contributed by atoms with Crippen LogP contribution < -0.4 is 5.32 Å². The Morgan fingerprint density at radius 3 is 2.95 bits per heavy atom. The number of carbonyl (C=O) groups is 1. The molecule has 104 valence electrons. The molecule has 0 aliphatic heterocycles. The number of aliphatic hydroxyl groups is 1. The van der Waals surface area contributed by atoms with E-state index < -0.39 is 0 Å². The highest BCUT2D eigenvalue weighted by Gasteiger charge is 2.30. The normalized spacial score (nSPS) is 21.8. The second-order valence-electron chi connectivity index (χ2n) is 5.03. The van der Waals surface area contributed by atoms with E-state index in [1.54, 1.807) is 6.07 Å². The minimum atomic E-state index is -0.0115. The number of benzene rings is 1. The Labute approximate surface area is 113 Å². The third-order valence-electron chi connectivity index (χ3n) is 3.46. The lowest BCUT2D eigenvalue weighted by Gasteiger charge is -2.34. The van der Waals surface area contributed by atoms with Gasteiger partial charge in [0.15, 0.2) is 0 Å². The van der Waals surface area contributed by atoms with Gasteiger partial charge in [0, 0.05) is 18.7 Å². The lowest BCUT2D eigenvalue weighted by molar-refractivity contribution is -0.119. The Morgan fingerprint density at radius 1 is 1.47 bits per heavy atom. The van der Waals surface area contributed by atoms with E-state index in [2.05, 4.69) is 5.32 Å². The maximum Gasteiger partial charge on any atom is 0.224 e. The first-order valence-corrected chi connectivity index (χ1v) is 6.82. The van der Waals surface area contributed by atoms with Gasteiger partial charge in [-0.25, -0.2) is 0 Å². The lowest BCUT2D eigenvalue weighted by Crippen LogP contribution is -2.33. The summed E-state index contributed by atoms with van der Waals surface area (Å²) in [6.07, 6.45) is 2.86. The highest BCUT2D eigenvalue weighted by Crippen LogP contribution is 2.32. The Morgan fingerprint density at radius 2 is 2.26 bits per heavy atom. The van der Waals surface area contributed by atoms with Gasteiger partial charge in [-0.05, 0) is 43.4 Å². The number of nitrogens with one attached hydrogen (secondary N) is 1. The van der Waals surface area contributed by atoms with Crippen molar-refractivity contribution < 1.29 is 14.6 Å². The summed E-state index contributed by atoms with van der Waals surface area (Å²) < 4.78 is 5.48. The third kappa shape index (κ3) is 4.04. The molecule has 2 N–H and O–H groups in total. The molecular formula is C15H21NO3. The standard InChI is InChI=1S/C15H21NO3/c1-2-19-14-7-12(8-14)9-15(18)16-13-5-3-4-11(6-13)10-17/h3-6,12,14,17H,2,7-10H2,1H3,(H,16,18). The largest absolute Gasteiger partial charge is 0.392 e. The molecule has 2 rings (SSSR count). The zero-order valence-corrected chi connectivity index (χ0v) is 11.3. The van der Waals surface area contributed by atoms with Gasteiger partial charge in [0.2, 0.25) is 5.91 Å². The number of aliphatic hydroxyl groups excluding tert-OH is 1. The monoisotopic (exact) mass is 263 g/mol. The second-order valence-corrected chi connectivity index (χ2v) is 5.03. The van der Waals surface area contributed by atoms with Crippen molar-refractivity contribution in [1.82, 2.24) is 0 Å². The van der Waals surface area contributed by atoms with Crippen LogP contribution in [0.1, 0.15) is 31.7 Å². The molecular weight excluding hydrogens is 242 g/mol. The Hall–Kier alpha value is -1.39. The van der Waals surface area contributed by atoms with Gasteiger partial charge < -0.3 is 15.2 Å². The van der Waals surface area contributed by atoms with Gasteiger partial charge in [0.05, 0.1) is 12.7 Å². The molecule has 1 aliphatic carbocycles. The summed E-state index contributed by atoms with van der Waals surface area (Å²) in [7, 11) is 0. The zero-order chi connectivity index (χ0) is 13.7. The highest BCUT2D eigenvalue weighted by atomic mass is 16.5. The number of carbonyl (C=O) groups excluding carboxylic acids is 1. The number of hydrogen-bond donors (Lipinski definition) is 2. The van der Waals surface area contributed by atoms with E-state index in [0.717, 1.165) is 30.7 Å². The van der Waals surface area contributed by atoms with Gasteiger partial charge in [-0.1, -0.05) is 12.1 Å². The molecule has 0 atom stereocenters. The average molecular weight is 263 g/mol. The molecule has 4 nitrogen and oxygen atoms in total. The van der Waals surface area contributed by atoms with E-state index in [-0.39, 0.29) is 12.5 Å². The van der Waals surface area contributed by atoms with Crippen LogP contribution >= 0.6 is 0 Å². The van der Waals surface area contributed by atoms with Gasteiger partial charge in [0.25, 0.3) is 0 Å². The van der Waals surface area contributed by atoms with E-state index in [4.69, 9.17) is 9.84 Å². The van der Waals surface area contributed by atoms with Crippen LogP contribution in [0.3, 0.4) is 0 Å². The van der Waals surface area contributed by atoms with Crippen LogP contribution in [-0.4, -0.2) is 23.7 Å². The minimum absolute atomic E-state index is 0.0115. The van der Waals surface area contributed by atoms with E-state index in [1.807, 2.05) is 25.1 Å².